The van der Waals surface area contributed by atoms with Crippen LogP contribution < -0.4 is 5.73 Å². The lowest BCUT2D eigenvalue weighted by Gasteiger charge is -2.08. The molecule has 94 valence electrons. The summed E-state index contributed by atoms with van der Waals surface area (Å²) in [5.74, 6) is 0. The first-order chi connectivity index (χ1) is 9.36. The van der Waals surface area contributed by atoms with Crippen molar-refractivity contribution in [1.82, 2.24) is 15.0 Å². The molecule has 5 heteroatoms. The Kier molecular flexibility index (Phi) is 3.39. The molecule has 2 heterocycles. The van der Waals surface area contributed by atoms with Crippen molar-refractivity contribution in [1.29, 1.82) is 0 Å². The maximum Gasteiger partial charge on any atom is 0.116 e. The molecule has 0 amide bonds. The number of para-hydroxylation sites is 1. The van der Waals surface area contributed by atoms with E-state index in [0.717, 1.165) is 26.5 Å². The molecule has 2 aromatic heterocycles. The SMILES string of the molecule is NCc1cc2ccccc2nc1Sc1ccncn1. The predicted molar refractivity (Wildman–Crippen MR) is 75.8 cm³/mol. The minimum Gasteiger partial charge on any atom is -0.326 e. The number of hydrogen-bond donors (Lipinski definition) is 1. The third-order valence-electron chi connectivity index (χ3n) is 2.74. The number of nitrogens with zero attached hydrogens (tertiary/aromatic N) is 3. The van der Waals surface area contributed by atoms with Crippen LogP contribution in [-0.4, -0.2) is 15.0 Å². The van der Waals surface area contributed by atoms with Crippen LogP contribution in [0.25, 0.3) is 10.9 Å². The molecule has 0 saturated carbocycles. The second-order valence-corrected chi connectivity index (χ2v) is 5.01. The number of pyridine rings is 1. The third kappa shape index (κ3) is 2.57. The summed E-state index contributed by atoms with van der Waals surface area (Å²) in [4.78, 5) is 12.8. The standard InChI is InChI=1S/C14H12N4S/c15-8-11-7-10-3-1-2-4-12(10)18-14(11)19-13-5-6-16-9-17-13/h1-7,9H,8,15H2. The normalized spacial score (nSPS) is 10.8. The summed E-state index contributed by atoms with van der Waals surface area (Å²) in [5.41, 5.74) is 7.81. The van der Waals surface area contributed by atoms with E-state index in [1.165, 1.54) is 18.1 Å². The van der Waals surface area contributed by atoms with Gasteiger partial charge in [-0.25, -0.2) is 15.0 Å². The van der Waals surface area contributed by atoms with Crippen molar-refractivity contribution in [3.05, 3.63) is 54.5 Å². The van der Waals surface area contributed by atoms with Crippen LogP contribution in [0.2, 0.25) is 0 Å². The zero-order chi connectivity index (χ0) is 13.1. The molecule has 19 heavy (non-hydrogen) atoms. The van der Waals surface area contributed by atoms with Gasteiger partial charge in [0.2, 0.25) is 0 Å². The molecule has 4 nitrogen and oxygen atoms in total. The summed E-state index contributed by atoms with van der Waals surface area (Å²) in [6.45, 7) is 0.464. The van der Waals surface area contributed by atoms with Crippen molar-refractivity contribution in [2.24, 2.45) is 5.73 Å². The Morgan fingerprint density at radius 2 is 2.05 bits per heavy atom. The van der Waals surface area contributed by atoms with E-state index in [4.69, 9.17) is 5.73 Å². The highest BCUT2D eigenvalue weighted by molar-refractivity contribution is 7.99. The van der Waals surface area contributed by atoms with Gasteiger partial charge in [-0.1, -0.05) is 18.2 Å². The van der Waals surface area contributed by atoms with Gasteiger partial charge in [-0.2, -0.15) is 0 Å². The van der Waals surface area contributed by atoms with Gasteiger partial charge in [0.05, 0.1) is 5.52 Å². The number of rotatable bonds is 3. The van der Waals surface area contributed by atoms with Crippen LogP contribution in [0.1, 0.15) is 5.56 Å². The Bertz CT molecular complexity index is 700. The van der Waals surface area contributed by atoms with E-state index in [1.807, 2.05) is 30.3 Å². The minimum atomic E-state index is 0.464. The fraction of sp³-hybridized carbons (Fsp3) is 0.0714. The van der Waals surface area contributed by atoms with E-state index in [9.17, 15) is 0 Å². The monoisotopic (exact) mass is 268 g/mol. The molecule has 3 rings (SSSR count). The molecule has 0 radical (unpaired) electrons. The molecule has 0 fully saturated rings. The topological polar surface area (TPSA) is 64.7 Å². The highest BCUT2D eigenvalue weighted by atomic mass is 32.2. The Hall–Kier alpha value is -1.98. The smallest absolute Gasteiger partial charge is 0.116 e. The Morgan fingerprint density at radius 1 is 1.16 bits per heavy atom. The van der Waals surface area contributed by atoms with Crippen molar-refractivity contribution in [2.75, 3.05) is 0 Å². The van der Waals surface area contributed by atoms with Crippen molar-refractivity contribution in [2.45, 2.75) is 16.6 Å². The van der Waals surface area contributed by atoms with Crippen LogP contribution in [0.5, 0.6) is 0 Å². The van der Waals surface area contributed by atoms with E-state index >= 15 is 0 Å². The van der Waals surface area contributed by atoms with Gasteiger partial charge in [0.25, 0.3) is 0 Å². The van der Waals surface area contributed by atoms with E-state index in [-0.39, 0.29) is 0 Å². The molecule has 0 bridgehead atoms. The van der Waals surface area contributed by atoms with Gasteiger partial charge in [-0.15, -0.1) is 0 Å². The average Bonchev–Trinajstić information content (AvgIpc) is 2.47. The second-order valence-electron chi connectivity index (χ2n) is 4.00. The lowest BCUT2D eigenvalue weighted by molar-refractivity contribution is 0.973. The lowest BCUT2D eigenvalue weighted by Crippen LogP contribution is -2.00. The van der Waals surface area contributed by atoms with Gasteiger partial charge in [-0.05, 0) is 35.5 Å². The second kappa shape index (κ2) is 5.34. The summed E-state index contributed by atoms with van der Waals surface area (Å²) in [6.07, 6.45) is 3.25. The molecule has 0 aliphatic heterocycles. The predicted octanol–water partition coefficient (Wildman–Crippen LogP) is 2.63. The first kappa shape index (κ1) is 12.1. The molecule has 0 atom stereocenters. The molecular formula is C14H12N4S. The van der Waals surface area contributed by atoms with Crippen LogP contribution in [-0.2, 0) is 6.54 Å². The van der Waals surface area contributed by atoms with Crippen molar-refractivity contribution < 1.29 is 0 Å². The first-order valence-corrected chi connectivity index (χ1v) is 6.71. The number of benzene rings is 1. The number of hydrogen-bond acceptors (Lipinski definition) is 5. The van der Waals surface area contributed by atoms with Crippen molar-refractivity contribution in [3.8, 4) is 0 Å². The maximum absolute atomic E-state index is 5.81. The molecule has 0 aliphatic rings. The first-order valence-electron chi connectivity index (χ1n) is 5.89. The number of aromatic nitrogens is 3. The summed E-state index contributed by atoms with van der Waals surface area (Å²) >= 11 is 1.51. The molecule has 1 aromatic carbocycles. The third-order valence-corrected chi connectivity index (χ3v) is 3.74. The largest absolute Gasteiger partial charge is 0.326 e. The fourth-order valence-electron chi connectivity index (χ4n) is 1.81. The number of fused-ring (bicyclic) bond motifs is 1. The van der Waals surface area contributed by atoms with E-state index in [1.54, 1.807) is 6.20 Å². The molecule has 0 saturated heterocycles. The minimum absolute atomic E-state index is 0.464. The molecule has 3 aromatic rings. The highest BCUT2D eigenvalue weighted by Crippen LogP contribution is 2.29. The van der Waals surface area contributed by atoms with Gasteiger partial charge < -0.3 is 5.73 Å². The maximum atomic E-state index is 5.81. The molecule has 0 aliphatic carbocycles. The molecule has 0 spiro atoms. The van der Waals surface area contributed by atoms with Gasteiger partial charge in [-0.3, -0.25) is 0 Å². The molecular weight excluding hydrogens is 256 g/mol. The zero-order valence-electron chi connectivity index (χ0n) is 10.2. The van der Waals surface area contributed by atoms with Gasteiger partial charge >= 0.3 is 0 Å². The quantitative estimate of drug-likeness (QED) is 0.740. The van der Waals surface area contributed by atoms with E-state index in [0.29, 0.717) is 6.54 Å². The van der Waals surface area contributed by atoms with Crippen LogP contribution in [0.15, 0.2) is 59.0 Å². The van der Waals surface area contributed by atoms with Crippen LogP contribution in [0.3, 0.4) is 0 Å². The van der Waals surface area contributed by atoms with Crippen molar-refractivity contribution >= 4 is 22.7 Å². The molecule has 2 N–H and O–H groups in total. The van der Waals surface area contributed by atoms with E-state index in [2.05, 4.69) is 21.0 Å². The zero-order valence-corrected chi connectivity index (χ0v) is 11.0. The number of nitrogens with two attached hydrogens (primary N) is 1. The van der Waals surface area contributed by atoms with Crippen LogP contribution >= 0.6 is 11.8 Å². The summed E-state index contributed by atoms with van der Waals surface area (Å²) < 4.78 is 0. The van der Waals surface area contributed by atoms with Gasteiger partial charge in [0, 0.05) is 18.1 Å². The highest BCUT2D eigenvalue weighted by Gasteiger charge is 2.08. The van der Waals surface area contributed by atoms with Gasteiger partial charge in [0.1, 0.15) is 16.4 Å². The van der Waals surface area contributed by atoms with Crippen LogP contribution in [0.4, 0.5) is 0 Å². The average molecular weight is 268 g/mol. The van der Waals surface area contributed by atoms with Gasteiger partial charge in [0.15, 0.2) is 0 Å². The Morgan fingerprint density at radius 3 is 2.84 bits per heavy atom. The van der Waals surface area contributed by atoms with E-state index < -0.39 is 0 Å². The lowest BCUT2D eigenvalue weighted by atomic mass is 10.1. The fourth-order valence-corrected chi connectivity index (χ4v) is 2.66. The summed E-state index contributed by atoms with van der Waals surface area (Å²) in [6, 6.07) is 12.0. The van der Waals surface area contributed by atoms with Crippen LogP contribution in [0, 0.1) is 0 Å². The molecule has 0 unspecified atom stereocenters. The Balaban J connectivity index is 2.06. The summed E-state index contributed by atoms with van der Waals surface area (Å²) in [5, 5.41) is 2.88. The Labute approximate surface area is 115 Å². The van der Waals surface area contributed by atoms with Crippen molar-refractivity contribution in [3.63, 3.8) is 0 Å². The summed E-state index contributed by atoms with van der Waals surface area (Å²) in [7, 11) is 0.